The SMILES string of the molecule is COc1ccc(C(CN)CC(C)O)cn1. The number of pyridine rings is 1. The fourth-order valence-corrected chi connectivity index (χ4v) is 1.53. The molecule has 1 aromatic heterocycles. The van der Waals surface area contributed by atoms with Crippen LogP contribution < -0.4 is 10.5 Å². The van der Waals surface area contributed by atoms with E-state index in [1.165, 1.54) is 0 Å². The zero-order valence-corrected chi connectivity index (χ0v) is 9.18. The van der Waals surface area contributed by atoms with Gasteiger partial charge in [0.25, 0.3) is 0 Å². The monoisotopic (exact) mass is 210 g/mol. The van der Waals surface area contributed by atoms with Crippen LogP contribution in [-0.2, 0) is 0 Å². The molecule has 2 unspecified atom stereocenters. The van der Waals surface area contributed by atoms with Gasteiger partial charge in [-0.1, -0.05) is 6.07 Å². The zero-order chi connectivity index (χ0) is 11.3. The molecule has 0 radical (unpaired) electrons. The molecule has 4 nitrogen and oxygen atoms in total. The van der Waals surface area contributed by atoms with Crippen molar-refractivity contribution >= 4 is 0 Å². The second-order valence-corrected chi connectivity index (χ2v) is 3.65. The first kappa shape index (κ1) is 11.9. The van der Waals surface area contributed by atoms with E-state index in [1.807, 2.05) is 6.07 Å². The highest BCUT2D eigenvalue weighted by atomic mass is 16.5. The first-order valence-corrected chi connectivity index (χ1v) is 5.05. The maximum absolute atomic E-state index is 9.32. The van der Waals surface area contributed by atoms with Gasteiger partial charge in [-0.25, -0.2) is 4.98 Å². The summed E-state index contributed by atoms with van der Waals surface area (Å²) in [6, 6.07) is 3.74. The fourth-order valence-electron chi connectivity index (χ4n) is 1.53. The molecule has 0 aliphatic carbocycles. The van der Waals surface area contributed by atoms with Crippen LogP contribution in [0.2, 0.25) is 0 Å². The molecule has 0 spiro atoms. The smallest absolute Gasteiger partial charge is 0.212 e. The normalized spacial score (nSPS) is 14.7. The van der Waals surface area contributed by atoms with Crippen LogP contribution in [0.5, 0.6) is 5.88 Å². The summed E-state index contributed by atoms with van der Waals surface area (Å²) in [5.41, 5.74) is 6.69. The maximum atomic E-state index is 9.32. The van der Waals surface area contributed by atoms with E-state index in [9.17, 15) is 5.11 Å². The molecule has 15 heavy (non-hydrogen) atoms. The van der Waals surface area contributed by atoms with Crippen molar-refractivity contribution in [2.45, 2.75) is 25.4 Å². The highest BCUT2D eigenvalue weighted by molar-refractivity contribution is 5.21. The Bertz CT molecular complexity index is 285. The van der Waals surface area contributed by atoms with Gasteiger partial charge in [0.15, 0.2) is 0 Å². The lowest BCUT2D eigenvalue weighted by molar-refractivity contribution is 0.175. The van der Waals surface area contributed by atoms with Gasteiger partial charge < -0.3 is 15.6 Å². The van der Waals surface area contributed by atoms with Gasteiger partial charge in [-0.2, -0.15) is 0 Å². The Morgan fingerprint density at radius 2 is 2.27 bits per heavy atom. The third-order valence-electron chi connectivity index (χ3n) is 2.35. The van der Waals surface area contributed by atoms with Crippen LogP contribution in [0.15, 0.2) is 18.3 Å². The number of ether oxygens (including phenoxy) is 1. The molecular weight excluding hydrogens is 192 g/mol. The summed E-state index contributed by atoms with van der Waals surface area (Å²) in [6.07, 6.45) is 2.06. The quantitative estimate of drug-likeness (QED) is 0.757. The number of aromatic nitrogens is 1. The van der Waals surface area contributed by atoms with Crippen LogP contribution in [0.1, 0.15) is 24.8 Å². The summed E-state index contributed by atoms with van der Waals surface area (Å²) < 4.78 is 4.97. The van der Waals surface area contributed by atoms with Crippen LogP contribution in [-0.4, -0.2) is 29.8 Å². The highest BCUT2D eigenvalue weighted by Gasteiger charge is 2.12. The average Bonchev–Trinajstić information content (AvgIpc) is 2.26. The molecule has 1 rings (SSSR count). The minimum atomic E-state index is -0.347. The molecule has 0 amide bonds. The van der Waals surface area contributed by atoms with Gasteiger partial charge in [0.05, 0.1) is 13.2 Å². The lowest BCUT2D eigenvalue weighted by Crippen LogP contribution is -2.17. The lowest BCUT2D eigenvalue weighted by Gasteiger charge is -2.16. The van der Waals surface area contributed by atoms with Gasteiger partial charge in [-0.05, 0) is 25.5 Å². The summed E-state index contributed by atoms with van der Waals surface area (Å²) in [5, 5.41) is 9.32. The van der Waals surface area contributed by atoms with Crippen LogP contribution in [0.25, 0.3) is 0 Å². The van der Waals surface area contributed by atoms with E-state index < -0.39 is 0 Å². The van der Waals surface area contributed by atoms with Crippen molar-refractivity contribution in [2.75, 3.05) is 13.7 Å². The number of aliphatic hydroxyl groups is 1. The zero-order valence-electron chi connectivity index (χ0n) is 9.18. The van der Waals surface area contributed by atoms with Crippen LogP contribution >= 0.6 is 0 Å². The molecule has 0 aliphatic rings. The molecule has 0 fully saturated rings. The molecule has 1 aromatic rings. The molecule has 2 atom stereocenters. The van der Waals surface area contributed by atoms with Crippen molar-refractivity contribution in [2.24, 2.45) is 5.73 Å². The Kier molecular flexibility index (Phi) is 4.52. The first-order valence-electron chi connectivity index (χ1n) is 5.05. The Morgan fingerprint density at radius 1 is 1.53 bits per heavy atom. The van der Waals surface area contributed by atoms with Gasteiger partial charge in [-0.3, -0.25) is 0 Å². The second kappa shape index (κ2) is 5.68. The van der Waals surface area contributed by atoms with E-state index in [1.54, 1.807) is 26.3 Å². The lowest BCUT2D eigenvalue weighted by atomic mass is 9.95. The van der Waals surface area contributed by atoms with Crippen LogP contribution in [0, 0.1) is 0 Å². The number of rotatable bonds is 5. The first-order chi connectivity index (χ1) is 7.17. The maximum Gasteiger partial charge on any atom is 0.212 e. The predicted molar refractivity (Wildman–Crippen MR) is 58.9 cm³/mol. The van der Waals surface area contributed by atoms with Crippen LogP contribution in [0.4, 0.5) is 0 Å². The molecule has 3 N–H and O–H groups in total. The van der Waals surface area contributed by atoms with Gasteiger partial charge in [-0.15, -0.1) is 0 Å². The summed E-state index contributed by atoms with van der Waals surface area (Å²) in [4.78, 5) is 4.11. The van der Waals surface area contributed by atoms with Crippen molar-refractivity contribution in [1.82, 2.24) is 4.98 Å². The molecule has 4 heteroatoms. The Hall–Kier alpha value is -1.13. The largest absolute Gasteiger partial charge is 0.481 e. The van der Waals surface area contributed by atoms with Crippen molar-refractivity contribution < 1.29 is 9.84 Å². The third kappa shape index (κ3) is 3.49. The average molecular weight is 210 g/mol. The fraction of sp³-hybridized carbons (Fsp3) is 0.545. The van der Waals surface area contributed by atoms with E-state index in [4.69, 9.17) is 10.5 Å². The van der Waals surface area contributed by atoms with E-state index >= 15 is 0 Å². The molecule has 0 saturated carbocycles. The predicted octanol–water partition coefficient (Wildman–Crippen LogP) is 0.903. The number of nitrogens with zero attached hydrogens (tertiary/aromatic N) is 1. The van der Waals surface area contributed by atoms with E-state index in [0.29, 0.717) is 18.8 Å². The van der Waals surface area contributed by atoms with Gasteiger partial charge in [0, 0.05) is 18.2 Å². The van der Waals surface area contributed by atoms with Crippen molar-refractivity contribution in [1.29, 1.82) is 0 Å². The Morgan fingerprint density at radius 3 is 2.67 bits per heavy atom. The molecular formula is C11H18N2O2. The van der Waals surface area contributed by atoms with Gasteiger partial charge >= 0.3 is 0 Å². The summed E-state index contributed by atoms with van der Waals surface area (Å²) in [5.74, 6) is 0.745. The minimum absolute atomic E-state index is 0.156. The number of hydrogen-bond donors (Lipinski definition) is 2. The standard InChI is InChI=1S/C11H18N2O2/c1-8(14)5-10(6-12)9-3-4-11(15-2)13-7-9/h3-4,7-8,10,14H,5-6,12H2,1-2H3. The topological polar surface area (TPSA) is 68.4 Å². The van der Waals surface area contributed by atoms with Crippen molar-refractivity contribution in [3.8, 4) is 5.88 Å². The number of methoxy groups -OCH3 is 1. The molecule has 0 saturated heterocycles. The molecule has 0 aliphatic heterocycles. The molecule has 0 bridgehead atoms. The van der Waals surface area contributed by atoms with Crippen molar-refractivity contribution in [3.05, 3.63) is 23.9 Å². The van der Waals surface area contributed by atoms with E-state index in [-0.39, 0.29) is 12.0 Å². The Balaban J connectivity index is 2.74. The molecule has 84 valence electrons. The van der Waals surface area contributed by atoms with E-state index in [0.717, 1.165) is 5.56 Å². The van der Waals surface area contributed by atoms with Crippen LogP contribution in [0.3, 0.4) is 0 Å². The third-order valence-corrected chi connectivity index (χ3v) is 2.35. The summed E-state index contributed by atoms with van der Waals surface area (Å²) >= 11 is 0. The second-order valence-electron chi connectivity index (χ2n) is 3.65. The Labute approximate surface area is 90.1 Å². The number of nitrogens with two attached hydrogens (primary N) is 1. The molecule has 1 heterocycles. The number of aliphatic hydroxyl groups excluding tert-OH is 1. The van der Waals surface area contributed by atoms with E-state index in [2.05, 4.69) is 4.98 Å². The van der Waals surface area contributed by atoms with Crippen molar-refractivity contribution in [3.63, 3.8) is 0 Å². The summed E-state index contributed by atoms with van der Waals surface area (Å²) in [6.45, 7) is 2.28. The molecule has 0 aromatic carbocycles. The highest BCUT2D eigenvalue weighted by Crippen LogP contribution is 2.20. The minimum Gasteiger partial charge on any atom is -0.481 e. The summed E-state index contributed by atoms with van der Waals surface area (Å²) in [7, 11) is 1.58. The van der Waals surface area contributed by atoms with Gasteiger partial charge in [0.2, 0.25) is 5.88 Å². The van der Waals surface area contributed by atoms with Gasteiger partial charge in [0.1, 0.15) is 0 Å². The number of hydrogen-bond acceptors (Lipinski definition) is 4.